The molecule has 4 nitrogen and oxygen atoms in total. The minimum Gasteiger partial charge on any atom is -0.379 e. The minimum atomic E-state index is 0.533. The zero-order chi connectivity index (χ0) is 11.4. The van der Waals surface area contributed by atoms with Gasteiger partial charge in [0, 0.05) is 12.7 Å². The van der Waals surface area contributed by atoms with Gasteiger partial charge in [0.1, 0.15) is 5.03 Å². The summed E-state index contributed by atoms with van der Waals surface area (Å²) in [5.41, 5.74) is 0. The fourth-order valence-corrected chi connectivity index (χ4v) is 2.62. The van der Waals surface area contributed by atoms with Gasteiger partial charge in [-0.25, -0.2) is 9.97 Å². The molecule has 2 rings (SSSR count). The monoisotopic (exact) mass is 303 g/mol. The number of thioether (sulfide) groups is 1. The molecule has 6 heteroatoms. The maximum atomic E-state index is 5.15. The first kappa shape index (κ1) is 12.1. The van der Waals surface area contributed by atoms with Crippen LogP contribution in [0.1, 0.15) is 13.3 Å². The molecular weight excluding hydrogens is 290 g/mol. The van der Waals surface area contributed by atoms with Gasteiger partial charge in [-0.3, -0.25) is 0 Å². The topological polar surface area (TPSA) is 47.0 Å². The van der Waals surface area contributed by atoms with Crippen LogP contribution in [0.4, 0.5) is 5.95 Å². The van der Waals surface area contributed by atoms with Crippen molar-refractivity contribution in [2.45, 2.75) is 23.6 Å². The molecule has 0 atom stereocenters. The summed E-state index contributed by atoms with van der Waals surface area (Å²) >= 11 is 5.21. The van der Waals surface area contributed by atoms with E-state index in [1.165, 1.54) is 0 Å². The van der Waals surface area contributed by atoms with Gasteiger partial charge in [-0.1, -0.05) is 18.7 Å². The number of halogens is 1. The number of rotatable bonds is 5. The van der Waals surface area contributed by atoms with Crippen LogP contribution in [-0.4, -0.2) is 35.0 Å². The molecule has 0 aromatic carbocycles. The van der Waals surface area contributed by atoms with Crippen molar-refractivity contribution in [3.05, 3.63) is 10.7 Å². The lowest BCUT2D eigenvalue weighted by Gasteiger charge is -2.25. The normalized spacial score (nSPS) is 15.9. The Labute approximate surface area is 108 Å². The van der Waals surface area contributed by atoms with Crippen molar-refractivity contribution in [2.24, 2.45) is 0 Å². The van der Waals surface area contributed by atoms with Gasteiger partial charge >= 0.3 is 0 Å². The van der Waals surface area contributed by atoms with Crippen molar-refractivity contribution >= 4 is 33.6 Å². The highest BCUT2D eigenvalue weighted by molar-refractivity contribution is 9.10. The lowest BCUT2D eigenvalue weighted by atomic mass is 10.4. The van der Waals surface area contributed by atoms with Gasteiger partial charge in [-0.15, -0.1) is 0 Å². The molecule has 2 heterocycles. The van der Waals surface area contributed by atoms with Gasteiger partial charge in [0.2, 0.25) is 5.95 Å². The molecule has 1 aliphatic heterocycles. The molecule has 1 aliphatic rings. The predicted molar refractivity (Wildman–Crippen MR) is 69.0 cm³/mol. The predicted octanol–water partition coefficient (Wildman–Crippen LogP) is 2.55. The minimum absolute atomic E-state index is 0.533. The van der Waals surface area contributed by atoms with Crippen LogP contribution in [0.2, 0.25) is 0 Å². The van der Waals surface area contributed by atoms with E-state index in [1.807, 2.05) is 0 Å². The third-order valence-corrected chi connectivity index (χ3v) is 4.11. The largest absolute Gasteiger partial charge is 0.379 e. The summed E-state index contributed by atoms with van der Waals surface area (Å²) in [7, 11) is 0. The Bertz CT molecular complexity index is 360. The Morgan fingerprint density at radius 2 is 2.44 bits per heavy atom. The molecule has 88 valence electrons. The van der Waals surface area contributed by atoms with Gasteiger partial charge in [0.05, 0.1) is 22.9 Å². The molecule has 0 unspecified atom stereocenters. The second-order valence-electron chi connectivity index (χ2n) is 3.55. The molecule has 1 aromatic rings. The summed E-state index contributed by atoms with van der Waals surface area (Å²) in [5, 5.41) is 4.70. The zero-order valence-electron chi connectivity index (χ0n) is 9.07. The fraction of sp³-hybridized carbons (Fsp3) is 0.600. The Morgan fingerprint density at radius 1 is 1.62 bits per heavy atom. The van der Waals surface area contributed by atoms with Gasteiger partial charge in [-0.2, -0.15) is 0 Å². The molecule has 0 radical (unpaired) electrons. The Morgan fingerprint density at radius 3 is 3.06 bits per heavy atom. The van der Waals surface area contributed by atoms with E-state index in [1.54, 1.807) is 18.0 Å². The van der Waals surface area contributed by atoms with Crippen molar-refractivity contribution in [1.29, 1.82) is 0 Å². The number of anilines is 1. The summed E-state index contributed by atoms with van der Waals surface area (Å²) in [5.74, 6) is 0.702. The first-order valence-corrected chi connectivity index (χ1v) is 6.97. The standard InChI is InChI=1S/C10H14BrN3OS/c1-2-3-12-10-13-4-8(11)9(14-10)16-7-5-15-6-7/h4,7H,2-3,5-6H2,1H3,(H,12,13,14). The maximum Gasteiger partial charge on any atom is 0.223 e. The van der Waals surface area contributed by atoms with E-state index in [2.05, 4.69) is 38.1 Å². The van der Waals surface area contributed by atoms with Crippen LogP contribution in [-0.2, 0) is 4.74 Å². The van der Waals surface area contributed by atoms with Gasteiger partial charge in [0.25, 0.3) is 0 Å². The zero-order valence-corrected chi connectivity index (χ0v) is 11.5. The average Bonchev–Trinajstić information content (AvgIpc) is 2.23. The molecule has 1 fully saturated rings. The van der Waals surface area contributed by atoms with Crippen LogP contribution in [0, 0.1) is 0 Å². The molecule has 0 amide bonds. The van der Waals surface area contributed by atoms with Crippen molar-refractivity contribution < 1.29 is 4.74 Å². The highest BCUT2D eigenvalue weighted by Crippen LogP contribution is 2.32. The van der Waals surface area contributed by atoms with Crippen LogP contribution >= 0.6 is 27.7 Å². The Kier molecular flexibility index (Phi) is 4.43. The molecule has 0 bridgehead atoms. The van der Waals surface area contributed by atoms with Crippen molar-refractivity contribution in [3.8, 4) is 0 Å². The summed E-state index contributed by atoms with van der Waals surface area (Å²) in [4.78, 5) is 8.68. The van der Waals surface area contributed by atoms with E-state index in [0.29, 0.717) is 11.2 Å². The SMILES string of the molecule is CCCNc1ncc(Br)c(SC2COC2)n1. The molecule has 0 spiro atoms. The smallest absolute Gasteiger partial charge is 0.223 e. The van der Waals surface area contributed by atoms with Crippen molar-refractivity contribution in [1.82, 2.24) is 9.97 Å². The van der Waals surface area contributed by atoms with Crippen molar-refractivity contribution in [2.75, 3.05) is 25.1 Å². The van der Waals surface area contributed by atoms with E-state index >= 15 is 0 Å². The fourth-order valence-electron chi connectivity index (χ4n) is 1.20. The molecule has 0 saturated carbocycles. The summed E-state index contributed by atoms with van der Waals surface area (Å²) in [6.07, 6.45) is 2.87. The highest BCUT2D eigenvalue weighted by Gasteiger charge is 2.21. The second-order valence-corrected chi connectivity index (χ2v) is 5.69. The number of aromatic nitrogens is 2. The second kappa shape index (κ2) is 5.84. The molecule has 1 N–H and O–H groups in total. The van der Waals surface area contributed by atoms with Gasteiger partial charge in [-0.05, 0) is 22.4 Å². The van der Waals surface area contributed by atoms with E-state index in [-0.39, 0.29) is 0 Å². The number of hydrogen-bond acceptors (Lipinski definition) is 5. The number of nitrogens with one attached hydrogen (secondary N) is 1. The number of nitrogens with zero attached hydrogens (tertiary/aromatic N) is 2. The quantitative estimate of drug-likeness (QED) is 0.847. The lowest BCUT2D eigenvalue weighted by molar-refractivity contribution is 0.0454. The van der Waals surface area contributed by atoms with Crippen LogP contribution < -0.4 is 5.32 Å². The molecular formula is C10H14BrN3OS. The van der Waals surface area contributed by atoms with Crippen molar-refractivity contribution in [3.63, 3.8) is 0 Å². The van der Waals surface area contributed by atoms with E-state index in [4.69, 9.17) is 4.74 Å². The summed E-state index contributed by atoms with van der Waals surface area (Å²) in [6.45, 7) is 4.66. The van der Waals surface area contributed by atoms with Crippen LogP contribution in [0.3, 0.4) is 0 Å². The first-order valence-electron chi connectivity index (χ1n) is 5.30. The molecule has 0 aliphatic carbocycles. The third kappa shape index (κ3) is 3.09. The summed E-state index contributed by atoms with van der Waals surface area (Å²) in [6, 6.07) is 0. The average molecular weight is 304 g/mol. The Hall–Kier alpha value is -0.330. The van der Waals surface area contributed by atoms with Crippen LogP contribution in [0.15, 0.2) is 15.7 Å². The third-order valence-electron chi connectivity index (χ3n) is 2.13. The van der Waals surface area contributed by atoms with Gasteiger partial charge in [0.15, 0.2) is 0 Å². The summed E-state index contributed by atoms with van der Waals surface area (Å²) < 4.78 is 6.10. The van der Waals surface area contributed by atoms with Gasteiger partial charge < -0.3 is 10.1 Å². The number of ether oxygens (including phenoxy) is 1. The lowest BCUT2D eigenvalue weighted by Crippen LogP contribution is -2.30. The Balaban J connectivity index is 2.02. The van der Waals surface area contributed by atoms with Crippen LogP contribution in [0.5, 0.6) is 0 Å². The molecule has 16 heavy (non-hydrogen) atoms. The van der Waals surface area contributed by atoms with E-state index < -0.39 is 0 Å². The number of hydrogen-bond donors (Lipinski definition) is 1. The van der Waals surface area contributed by atoms with E-state index in [0.717, 1.165) is 35.7 Å². The maximum absolute atomic E-state index is 5.15. The highest BCUT2D eigenvalue weighted by atomic mass is 79.9. The van der Waals surface area contributed by atoms with E-state index in [9.17, 15) is 0 Å². The molecule has 1 saturated heterocycles. The van der Waals surface area contributed by atoms with Crippen LogP contribution in [0.25, 0.3) is 0 Å². The first-order chi connectivity index (χ1) is 7.79. The molecule has 1 aromatic heterocycles.